The molecule has 0 radical (unpaired) electrons. The number of halogens is 3. The number of methoxy groups -OCH3 is 2. The molecule has 4 rings (SSSR count). The first-order chi connectivity index (χ1) is 16.7. The van der Waals surface area contributed by atoms with Gasteiger partial charge in [0, 0.05) is 37.6 Å². The van der Waals surface area contributed by atoms with Crippen LogP contribution in [0.2, 0.25) is 5.15 Å². The molecule has 1 aromatic carbocycles. The molecule has 14 nitrogen and oxygen atoms in total. The Labute approximate surface area is 229 Å². The Morgan fingerprint density at radius 3 is 2.11 bits per heavy atom. The summed E-state index contributed by atoms with van der Waals surface area (Å²) >= 11 is 6.30. The van der Waals surface area contributed by atoms with Crippen molar-refractivity contribution < 1.29 is 14.3 Å². The van der Waals surface area contributed by atoms with Gasteiger partial charge in [0.05, 0.1) is 19.7 Å². The molecule has 1 saturated heterocycles. The number of nitrogens with two attached hydrogens (primary N) is 4. The van der Waals surface area contributed by atoms with Crippen molar-refractivity contribution in [3.63, 3.8) is 0 Å². The molecule has 3 heterocycles. The van der Waals surface area contributed by atoms with E-state index < -0.39 is 11.9 Å². The number of aliphatic imine (C=N–C) groups is 1. The lowest BCUT2D eigenvalue weighted by Crippen LogP contribution is -2.47. The number of hydrogen-bond donors (Lipinski definition) is 4. The molecule has 0 saturated carbocycles. The highest BCUT2D eigenvalue weighted by Crippen LogP contribution is 2.34. The van der Waals surface area contributed by atoms with Gasteiger partial charge >= 0.3 is 5.91 Å². The normalized spacial score (nSPS) is 12.8. The highest BCUT2D eigenvalue weighted by atomic mass is 35.5. The van der Waals surface area contributed by atoms with E-state index in [-0.39, 0.29) is 41.5 Å². The molecule has 0 aliphatic carbocycles. The standard InChI is InChI=1S/C20H24ClN11O3.2ClH/c1-34-11-7-9-10(8-12(11)35-2)26-20(29-15(9)22)32-5-3-31(4-6-32)17-14(21)27-13(16(23)28-17)18(33)30-19(24)25;;/h7-8H,3-6H2,1-2H3,(H2,23,28)(H2,22,26,29)(H4,24,25,30,33);2*1H. The number of fused-ring (bicyclic) bond motifs is 1. The first-order valence-electron chi connectivity index (χ1n) is 10.4. The second-order valence-electron chi connectivity index (χ2n) is 7.52. The fourth-order valence-electron chi connectivity index (χ4n) is 3.67. The van der Waals surface area contributed by atoms with E-state index >= 15 is 0 Å². The molecular formula is C20H26Cl3N11O3. The van der Waals surface area contributed by atoms with Crippen molar-refractivity contribution in [2.45, 2.75) is 0 Å². The van der Waals surface area contributed by atoms with E-state index in [9.17, 15) is 4.79 Å². The van der Waals surface area contributed by atoms with Crippen molar-refractivity contribution in [2.75, 3.05) is 61.7 Å². The van der Waals surface area contributed by atoms with Crippen molar-refractivity contribution in [1.82, 2.24) is 19.9 Å². The minimum atomic E-state index is -0.825. The molecule has 1 aliphatic heterocycles. The highest BCUT2D eigenvalue weighted by Gasteiger charge is 2.25. The van der Waals surface area contributed by atoms with Gasteiger partial charge in [-0.05, 0) is 6.07 Å². The summed E-state index contributed by atoms with van der Waals surface area (Å²) in [4.78, 5) is 36.8. The number of hydrogen-bond acceptors (Lipinski definition) is 11. The minimum Gasteiger partial charge on any atom is -0.493 e. The van der Waals surface area contributed by atoms with Gasteiger partial charge < -0.3 is 42.2 Å². The zero-order valence-corrected chi connectivity index (χ0v) is 22.2. The molecular weight excluding hydrogens is 549 g/mol. The predicted octanol–water partition coefficient (Wildman–Crippen LogP) is 0.839. The van der Waals surface area contributed by atoms with E-state index in [2.05, 4.69) is 24.9 Å². The van der Waals surface area contributed by atoms with Crippen LogP contribution in [0.15, 0.2) is 17.1 Å². The van der Waals surface area contributed by atoms with Crippen molar-refractivity contribution in [1.29, 1.82) is 0 Å². The second-order valence-corrected chi connectivity index (χ2v) is 7.88. The summed E-state index contributed by atoms with van der Waals surface area (Å²) in [6, 6.07) is 3.51. The summed E-state index contributed by atoms with van der Waals surface area (Å²) in [5.41, 5.74) is 23.0. The Balaban J connectivity index is 0.00000241. The third kappa shape index (κ3) is 5.98. The van der Waals surface area contributed by atoms with Gasteiger partial charge in [-0.25, -0.2) is 15.0 Å². The maximum absolute atomic E-state index is 12.1. The van der Waals surface area contributed by atoms with Crippen LogP contribution in [-0.2, 0) is 0 Å². The van der Waals surface area contributed by atoms with Gasteiger partial charge in [0.15, 0.2) is 39.9 Å². The first kappa shape index (κ1) is 29.5. The molecule has 1 aliphatic rings. The van der Waals surface area contributed by atoms with Crippen LogP contribution in [-0.4, -0.2) is 72.2 Å². The fourth-order valence-corrected chi connectivity index (χ4v) is 3.92. The molecule has 0 unspecified atom stereocenters. The van der Waals surface area contributed by atoms with E-state index in [1.807, 2.05) is 9.80 Å². The minimum absolute atomic E-state index is 0. The Bertz CT molecular complexity index is 1330. The largest absolute Gasteiger partial charge is 0.493 e. The first-order valence-corrected chi connectivity index (χ1v) is 10.8. The maximum atomic E-state index is 12.1. The Morgan fingerprint density at radius 2 is 1.51 bits per heavy atom. The van der Waals surface area contributed by atoms with E-state index in [4.69, 9.17) is 44.0 Å². The van der Waals surface area contributed by atoms with E-state index in [1.165, 1.54) is 0 Å². The monoisotopic (exact) mass is 573 g/mol. The van der Waals surface area contributed by atoms with Crippen LogP contribution in [0.25, 0.3) is 10.9 Å². The lowest BCUT2D eigenvalue weighted by molar-refractivity contribution is 0.0998. The number of nitrogen functional groups attached to an aromatic ring is 2. The molecule has 1 amide bonds. The summed E-state index contributed by atoms with van der Waals surface area (Å²) in [7, 11) is 3.10. The van der Waals surface area contributed by atoms with Gasteiger partial charge in [0.25, 0.3) is 0 Å². The van der Waals surface area contributed by atoms with Crippen LogP contribution in [0.1, 0.15) is 10.5 Å². The molecule has 200 valence electrons. The predicted molar refractivity (Wildman–Crippen MR) is 148 cm³/mol. The molecule has 1 fully saturated rings. The average Bonchev–Trinajstić information content (AvgIpc) is 2.84. The SMILES string of the molecule is COc1cc2nc(N3CCN(c4nc(N)c(C(=O)N=C(N)N)nc4Cl)CC3)nc(N)c2cc1OC.Cl.Cl. The molecule has 2 aromatic heterocycles. The number of guanidine groups is 1. The summed E-state index contributed by atoms with van der Waals surface area (Å²) in [5, 5.41) is 0.673. The number of piperazine rings is 1. The van der Waals surface area contributed by atoms with E-state index in [0.717, 1.165) is 0 Å². The number of anilines is 4. The van der Waals surface area contributed by atoms with E-state index in [1.54, 1.807) is 26.4 Å². The van der Waals surface area contributed by atoms with Crippen molar-refractivity contribution in [3.05, 3.63) is 23.0 Å². The molecule has 8 N–H and O–H groups in total. The van der Waals surface area contributed by atoms with E-state index in [0.29, 0.717) is 66.2 Å². The number of nitrogens with zero attached hydrogens (tertiary/aromatic N) is 7. The lowest BCUT2D eigenvalue weighted by Gasteiger charge is -2.35. The third-order valence-electron chi connectivity index (χ3n) is 5.38. The molecule has 0 spiro atoms. The lowest BCUT2D eigenvalue weighted by atomic mass is 10.2. The van der Waals surface area contributed by atoms with Crippen LogP contribution in [0, 0.1) is 0 Å². The number of rotatable bonds is 5. The summed E-state index contributed by atoms with van der Waals surface area (Å²) in [6.07, 6.45) is 0. The average molecular weight is 575 g/mol. The Kier molecular flexibility index (Phi) is 9.55. The molecule has 37 heavy (non-hydrogen) atoms. The third-order valence-corrected chi connectivity index (χ3v) is 5.63. The van der Waals surface area contributed by atoms with Gasteiger partial charge in [-0.2, -0.15) is 9.98 Å². The summed E-state index contributed by atoms with van der Waals surface area (Å²) in [6.45, 7) is 2.13. The van der Waals surface area contributed by atoms with Crippen LogP contribution in [0.4, 0.5) is 23.4 Å². The maximum Gasteiger partial charge on any atom is 0.302 e. The molecule has 0 atom stereocenters. The van der Waals surface area contributed by atoms with Crippen LogP contribution in [0.5, 0.6) is 11.5 Å². The molecule has 3 aromatic rings. The Morgan fingerprint density at radius 1 is 0.919 bits per heavy atom. The fraction of sp³-hybridized carbons (Fsp3) is 0.300. The van der Waals surface area contributed by atoms with Gasteiger partial charge in [-0.3, -0.25) is 4.79 Å². The highest BCUT2D eigenvalue weighted by molar-refractivity contribution is 6.32. The zero-order chi connectivity index (χ0) is 25.3. The van der Waals surface area contributed by atoms with Crippen LogP contribution in [0.3, 0.4) is 0 Å². The summed E-state index contributed by atoms with van der Waals surface area (Å²) < 4.78 is 10.7. The number of aromatic nitrogens is 4. The number of amides is 1. The number of benzene rings is 1. The number of carbonyl (C=O) groups excluding carboxylic acids is 1. The quantitative estimate of drug-likeness (QED) is 0.246. The topological polar surface area (TPSA) is 210 Å². The molecule has 0 bridgehead atoms. The second kappa shape index (κ2) is 12.0. The summed E-state index contributed by atoms with van der Waals surface area (Å²) in [5.74, 6) is 0.877. The van der Waals surface area contributed by atoms with Crippen molar-refractivity contribution >= 4 is 82.6 Å². The molecule has 17 heteroatoms. The van der Waals surface area contributed by atoms with Crippen LogP contribution >= 0.6 is 36.4 Å². The van der Waals surface area contributed by atoms with Gasteiger partial charge in [0.2, 0.25) is 5.95 Å². The van der Waals surface area contributed by atoms with Crippen molar-refractivity contribution in [3.8, 4) is 11.5 Å². The smallest absolute Gasteiger partial charge is 0.302 e. The van der Waals surface area contributed by atoms with Gasteiger partial charge in [-0.15, -0.1) is 24.8 Å². The van der Waals surface area contributed by atoms with Gasteiger partial charge in [0.1, 0.15) is 5.82 Å². The van der Waals surface area contributed by atoms with Crippen LogP contribution < -0.4 is 42.2 Å². The zero-order valence-electron chi connectivity index (χ0n) is 19.8. The number of ether oxygens (including phenoxy) is 2. The number of carbonyl (C=O) groups is 1. The van der Waals surface area contributed by atoms with Crippen molar-refractivity contribution in [2.24, 2.45) is 16.5 Å². The van der Waals surface area contributed by atoms with Gasteiger partial charge in [-0.1, -0.05) is 11.6 Å². The Hall–Kier alpha value is -3.75.